The molecule has 0 amide bonds. The summed E-state index contributed by atoms with van der Waals surface area (Å²) < 4.78 is 0.810. The molecule has 120 valence electrons. The quantitative estimate of drug-likeness (QED) is 0.608. The lowest BCUT2D eigenvalue weighted by Gasteiger charge is -2.32. The highest BCUT2D eigenvalue weighted by molar-refractivity contribution is 8.32. The Hall–Kier alpha value is -1.50. The fourth-order valence-electron chi connectivity index (χ4n) is 2.40. The summed E-state index contributed by atoms with van der Waals surface area (Å²) in [6.45, 7) is 0. The zero-order chi connectivity index (χ0) is 16.2. The standard InChI is InChI=1S/C18H15N3S3/c1-4-10-19-13(7-1)16-22-17(14-8-2-5-11-20-14)24-18(23-16)15-9-3-6-12-21-15/h1-12,16-18H. The average Bonchev–Trinajstić information content (AvgIpc) is 2.70. The van der Waals surface area contributed by atoms with Crippen LogP contribution in [0.25, 0.3) is 0 Å². The Labute approximate surface area is 154 Å². The summed E-state index contributed by atoms with van der Waals surface area (Å²) in [6, 6.07) is 18.3. The third-order valence-corrected chi connectivity index (χ3v) is 8.46. The monoisotopic (exact) mass is 369 g/mol. The number of pyridine rings is 3. The van der Waals surface area contributed by atoms with Crippen molar-refractivity contribution in [2.24, 2.45) is 0 Å². The number of hydrogen-bond acceptors (Lipinski definition) is 6. The van der Waals surface area contributed by atoms with Crippen molar-refractivity contribution < 1.29 is 0 Å². The second-order valence-corrected chi connectivity index (χ2v) is 9.71. The predicted octanol–water partition coefficient (Wildman–Crippen LogP) is 5.48. The van der Waals surface area contributed by atoms with Gasteiger partial charge < -0.3 is 0 Å². The molecule has 0 saturated carbocycles. The number of rotatable bonds is 3. The van der Waals surface area contributed by atoms with Crippen molar-refractivity contribution in [1.82, 2.24) is 15.0 Å². The van der Waals surface area contributed by atoms with Gasteiger partial charge >= 0.3 is 0 Å². The van der Waals surface area contributed by atoms with Crippen LogP contribution in [-0.4, -0.2) is 15.0 Å². The minimum Gasteiger partial charge on any atom is -0.259 e. The van der Waals surface area contributed by atoms with Gasteiger partial charge in [-0.05, 0) is 36.4 Å². The SMILES string of the molecule is c1ccc(C2SC(c3ccccn3)SC(c3ccccn3)S2)nc1. The largest absolute Gasteiger partial charge is 0.259 e. The van der Waals surface area contributed by atoms with E-state index in [-0.39, 0.29) is 13.7 Å². The maximum atomic E-state index is 4.57. The molecule has 1 fully saturated rings. The molecule has 1 saturated heterocycles. The Morgan fingerprint density at radius 2 is 0.833 bits per heavy atom. The minimum atomic E-state index is 0.270. The normalized spacial score (nSPS) is 23.8. The van der Waals surface area contributed by atoms with E-state index < -0.39 is 0 Å². The molecular formula is C18H15N3S3. The van der Waals surface area contributed by atoms with Gasteiger partial charge in [0.15, 0.2) is 0 Å². The van der Waals surface area contributed by atoms with Crippen molar-refractivity contribution >= 4 is 35.3 Å². The predicted molar refractivity (Wildman–Crippen MR) is 104 cm³/mol. The first-order valence-electron chi connectivity index (χ1n) is 7.59. The molecule has 4 rings (SSSR count). The van der Waals surface area contributed by atoms with E-state index in [9.17, 15) is 0 Å². The maximum absolute atomic E-state index is 4.57. The van der Waals surface area contributed by atoms with Crippen LogP contribution in [0.5, 0.6) is 0 Å². The fourth-order valence-corrected chi connectivity index (χ4v) is 8.15. The zero-order valence-corrected chi connectivity index (χ0v) is 15.2. The molecule has 0 atom stereocenters. The molecule has 3 aromatic heterocycles. The lowest BCUT2D eigenvalue weighted by molar-refractivity contribution is 1.09. The van der Waals surface area contributed by atoms with Crippen LogP contribution >= 0.6 is 35.3 Å². The van der Waals surface area contributed by atoms with Gasteiger partial charge in [0, 0.05) is 18.6 Å². The smallest absolute Gasteiger partial charge is 0.0952 e. The van der Waals surface area contributed by atoms with Gasteiger partial charge in [0.25, 0.3) is 0 Å². The summed E-state index contributed by atoms with van der Waals surface area (Å²) in [5, 5.41) is 0. The molecule has 0 spiro atoms. The van der Waals surface area contributed by atoms with Gasteiger partial charge in [-0.1, -0.05) is 18.2 Å². The summed E-state index contributed by atoms with van der Waals surface area (Å²) in [7, 11) is 0. The van der Waals surface area contributed by atoms with Crippen molar-refractivity contribution in [3.63, 3.8) is 0 Å². The van der Waals surface area contributed by atoms with Crippen LogP contribution in [-0.2, 0) is 0 Å². The van der Waals surface area contributed by atoms with Crippen LogP contribution in [0.2, 0.25) is 0 Å². The van der Waals surface area contributed by atoms with Gasteiger partial charge in [0.2, 0.25) is 0 Å². The second-order valence-electron chi connectivity index (χ2n) is 5.17. The van der Waals surface area contributed by atoms with Gasteiger partial charge in [-0.2, -0.15) is 0 Å². The highest BCUT2D eigenvalue weighted by atomic mass is 32.3. The Morgan fingerprint density at radius 1 is 0.500 bits per heavy atom. The Balaban J connectivity index is 1.66. The third-order valence-electron chi connectivity index (χ3n) is 3.53. The maximum Gasteiger partial charge on any atom is 0.0952 e. The molecule has 24 heavy (non-hydrogen) atoms. The molecule has 0 unspecified atom stereocenters. The van der Waals surface area contributed by atoms with Gasteiger partial charge in [0.1, 0.15) is 0 Å². The molecule has 1 aliphatic heterocycles. The van der Waals surface area contributed by atoms with Gasteiger partial charge in [-0.25, -0.2) is 0 Å². The highest BCUT2D eigenvalue weighted by Crippen LogP contribution is 2.65. The van der Waals surface area contributed by atoms with E-state index in [1.807, 2.05) is 72.1 Å². The van der Waals surface area contributed by atoms with Crippen LogP contribution in [0.15, 0.2) is 73.2 Å². The lowest BCUT2D eigenvalue weighted by Crippen LogP contribution is -2.08. The number of nitrogens with zero attached hydrogens (tertiary/aromatic N) is 3. The molecule has 0 radical (unpaired) electrons. The number of thioether (sulfide) groups is 3. The van der Waals surface area contributed by atoms with E-state index in [1.165, 1.54) is 0 Å². The van der Waals surface area contributed by atoms with Crippen molar-refractivity contribution in [1.29, 1.82) is 0 Å². The lowest BCUT2D eigenvalue weighted by atomic mass is 10.4. The van der Waals surface area contributed by atoms with Crippen LogP contribution < -0.4 is 0 Å². The van der Waals surface area contributed by atoms with Crippen molar-refractivity contribution in [3.05, 3.63) is 90.3 Å². The summed E-state index contributed by atoms with van der Waals surface area (Å²) >= 11 is 5.73. The number of aromatic nitrogens is 3. The van der Waals surface area contributed by atoms with Crippen LogP contribution in [0.1, 0.15) is 30.8 Å². The van der Waals surface area contributed by atoms with Crippen LogP contribution in [0.4, 0.5) is 0 Å². The first kappa shape index (κ1) is 16.0. The molecule has 4 heterocycles. The first-order valence-corrected chi connectivity index (χ1v) is 10.4. The number of hydrogen-bond donors (Lipinski definition) is 0. The van der Waals surface area contributed by atoms with Gasteiger partial charge in [0.05, 0.1) is 30.8 Å². The molecule has 3 aromatic rings. The van der Waals surface area contributed by atoms with E-state index in [0.717, 1.165) is 17.1 Å². The van der Waals surface area contributed by atoms with Crippen molar-refractivity contribution in [2.75, 3.05) is 0 Å². The average molecular weight is 370 g/mol. The molecule has 3 nitrogen and oxygen atoms in total. The van der Waals surface area contributed by atoms with Crippen LogP contribution in [0, 0.1) is 0 Å². The summed E-state index contributed by atoms with van der Waals surface area (Å²) in [5.41, 5.74) is 3.32. The Bertz CT molecular complexity index is 657. The topological polar surface area (TPSA) is 38.7 Å². The second kappa shape index (κ2) is 7.59. The molecule has 0 aliphatic carbocycles. The van der Waals surface area contributed by atoms with Crippen molar-refractivity contribution in [3.8, 4) is 0 Å². The van der Waals surface area contributed by atoms with Crippen molar-refractivity contribution in [2.45, 2.75) is 13.7 Å². The van der Waals surface area contributed by atoms with E-state index in [4.69, 9.17) is 0 Å². The molecular weight excluding hydrogens is 354 g/mol. The highest BCUT2D eigenvalue weighted by Gasteiger charge is 2.35. The summed E-state index contributed by atoms with van der Waals surface area (Å²) in [6.07, 6.45) is 5.59. The van der Waals surface area contributed by atoms with E-state index in [0.29, 0.717) is 0 Å². The molecule has 6 heteroatoms. The first-order chi connectivity index (χ1) is 11.9. The zero-order valence-electron chi connectivity index (χ0n) is 12.7. The van der Waals surface area contributed by atoms with E-state index in [2.05, 4.69) is 51.4 Å². The molecule has 1 aliphatic rings. The minimum absolute atomic E-state index is 0.270. The third kappa shape index (κ3) is 3.61. The van der Waals surface area contributed by atoms with Gasteiger partial charge in [-0.15, -0.1) is 35.3 Å². The molecule has 0 aromatic carbocycles. The summed E-state index contributed by atoms with van der Waals surface area (Å²) in [4.78, 5) is 13.7. The molecule has 0 N–H and O–H groups in total. The Kier molecular flexibility index (Phi) is 5.06. The summed E-state index contributed by atoms with van der Waals surface area (Å²) in [5.74, 6) is 0. The van der Waals surface area contributed by atoms with E-state index >= 15 is 0 Å². The fraction of sp³-hybridized carbons (Fsp3) is 0.167. The van der Waals surface area contributed by atoms with Crippen LogP contribution in [0.3, 0.4) is 0 Å². The van der Waals surface area contributed by atoms with E-state index in [1.54, 1.807) is 0 Å². The van der Waals surface area contributed by atoms with Gasteiger partial charge in [-0.3, -0.25) is 15.0 Å². The Morgan fingerprint density at radius 3 is 1.08 bits per heavy atom. The molecule has 0 bridgehead atoms.